The van der Waals surface area contributed by atoms with E-state index in [0.717, 1.165) is 39.3 Å². The maximum Gasteiger partial charge on any atom is 0.315 e. The van der Waals surface area contributed by atoms with E-state index in [9.17, 15) is 9.59 Å². The van der Waals surface area contributed by atoms with Gasteiger partial charge in [0, 0.05) is 53.3 Å². The third-order valence-corrected chi connectivity index (χ3v) is 6.54. The number of nitrogens with one attached hydrogen (secondary N) is 1. The maximum absolute atomic E-state index is 13.6. The number of azide groups is 1. The van der Waals surface area contributed by atoms with E-state index in [1.54, 1.807) is 25.1 Å². The molecule has 0 saturated carbocycles. The second-order valence-corrected chi connectivity index (χ2v) is 9.15. The topological polar surface area (TPSA) is 138 Å². The van der Waals surface area contributed by atoms with Gasteiger partial charge < -0.3 is 19.5 Å². The van der Waals surface area contributed by atoms with Gasteiger partial charge in [-0.3, -0.25) is 19.5 Å². The van der Waals surface area contributed by atoms with Crippen molar-refractivity contribution >= 4 is 29.2 Å². The average Bonchev–Trinajstić information content (AvgIpc) is 2.90. The summed E-state index contributed by atoms with van der Waals surface area (Å²) in [5.74, 6) is -2.29. The van der Waals surface area contributed by atoms with E-state index in [1.807, 2.05) is 6.07 Å². The molecule has 1 aromatic carbocycles. The van der Waals surface area contributed by atoms with Crippen LogP contribution in [0.3, 0.4) is 0 Å². The molecule has 3 rings (SSSR count). The summed E-state index contributed by atoms with van der Waals surface area (Å²) >= 11 is 6.29. The van der Waals surface area contributed by atoms with Crippen molar-refractivity contribution in [2.45, 2.75) is 19.3 Å². The van der Waals surface area contributed by atoms with Crippen molar-refractivity contribution in [3.8, 4) is 0 Å². The zero-order valence-electron chi connectivity index (χ0n) is 21.2. The van der Waals surface area contributed by atoms with Crippen LogP contribution in [0.25, 0.3) is 10.4 Å². The highest BCUT2D eigenvalue weighted by Gasteiger charge is 2.42. The Balaban J connectivity index is 1.88. The molecule has 0 radical (unpaired) electrons. The van der Waals surface area contributed by atoms with E-state index < -0.39 is 17.8 Å². The Labute approximate surface area is 221 Å². The summed E-state index contributed by atoms with van der Waals surface area (Å²) in [6.45, 7) is 6.55. The number of amides is 1. The molecule has 1 saturated heterocycles. The van der Waals surface area contributed by atoms with Crippen LogP contribution in [0.5, 0.6) is 0 Å². The van der Waals surface area contributed by atoms with Gasteiger partial charge >= 0.3 is 5.97 Å². The molecule has 11 nitrogen and oxygen atoms in total. The molecular formula is C25H33ClN6O5. The highest BCUT2D eigenvalue weighted by atomic mass is 35.5. The summed E-state index contributed by atoms with van der Waals surface area (Å²) in [6.07, 6.45) is 0.765. The number of nitrogens with zero attached hydrogens (tertiary/aromatic N) is 5. The Kier molecular flexibility index (Phi) is 11.4. The van der Waals surface area contributed by atoms with E-state index >= 15 is 0 Å². The largest absolute Gasteiger partial charge is 0.468 e. The fraction of sp³-hybridized carbons (Fsp3) is 0.560. The lowest BCUT2D eigenvalue weighted by atomic mass is 9.75. The maximum atomic E-state index is 13.6. The summed E-state index contributed by atoms with van der Waals surface area (Å²) in [5.41, 5.74) is 10.4. The first-order valence-corrected chi connectivity index (χ1v) is 12.6. The van der Waals surface area contributed by atoms with Gasteiger partial charge in [-0.1, -0.05) is 28.8 Å². The van der Waals surface area contributed by atoms with Crippen LogP contribution in [0.15, 0.2) is 45.6 Å². The van der Waals surface area contributed by atoms with E-state index in [2.05, 4.69) is 25.2 Å². The van der Waals surface area contributed by atoms with Crippen molar-refractivity contribution in [2.75, 3.05) is 66.3 Å². The number of esters is 1. The first kappa shape index (κ1) is 28.6. The van der Waals surface area contributed by atoms with Gasteiger partial charge in [0.2, 0.25) is 5.91 Å². The van der Waals surface area contributed by atoms with Crippen molar-refractivity contribution in [3.63, 3.8) is 0 Å². The van der Waals surface area contributed by atoms with Crippen LogP contribution in [-0.4, -0.2) is 88.7 Å². The molecule has 2 aliphatic heterocycles. The molecule has 0 bridgehead atoms. The van der Waals surface area contributed by atoms with Crippen molar-refractivity contribution in [1.82, 2.24) is 10.2 Å². The number of hydrogen-bond donors (Lipinski definition) is 1. The molecule has 2 atom stereocenters. The predicted octanol–water partition coefficient (Wildman–Crippen LogP) is 3.11. The zero-order valence-corrected chi connectivity index (χ0v) is 21.9. The number of aliphatic imine (C=N–C) groups is 1. The van der Waals surface area contributed by atoms with Crippen LogP contribution < -0.4 is 5.32 Å². The highest BCUT2D eigenvalue weighted by Crippen LogP contribution is 2.40. The minimum atomic E-state index is -0.801. The summed E-state index contributed by atoms with van der Waals surface area (Å²) < 4.78 is 16.2. The number of benzene rings is 1. The Bertz CT molecular complexity index is 1070. The molecule has 37 heavy (non-hydrogen) atoms. The summed E-state index contributed by atoms with van der Waals surface area (Å²) in [6, 6.07) is 7.08. The van der Waals surface area contributed by atoms with Gasteiger partial charge in [-0.05, 0) is 43.1 Å². The second kappa shape index (κ2) is 14.7. The first-order valence-electron chi connectivity index (χ1n) is 12.2. The molecule has 1 aromatic rings. The Morgan fingerprint density at radius 3 is 2.84 bits per heavy atom. The molecule has 12 heteroatoms. The van der Waals surface area contributed by atoms with E-state index in [0.29, 0.717) is 34.1 Å². The van der Waals surface area contributed by atoms with Crippen LogP contribution >= 0.6 is 11.6 Å². The molecule has 0 aromatic heterocycles. The summed E-state index contributed by atoms with van der Waals surface area (Å²) in [5, 5.41) is 6.96. The molecule has 1 fully saturated rings. The van der Waals surface area contributed by atoms with Crippen molar-refractivity contribution in [1.29, 1.82) is 0 Å². The van der Waals surface area contributed by atoms with Gasteiger partial charge in [-0.2, -0.15) is 0 Å². The Morgan fingerprint density at radius 1 is 1.35 bits per heavy atom. The average molecular weight is 533 g/mol. The smallest absolute Gasteiger partial charge is 0.315 e. The summed E-state index contributed by atoms with van der Waals surface area (Å²) in [7, 11) is 1.31. The molecule has 0 aliphatic carbocycles. The fourth-order valence-corrected chi connectivity index (χ4v) is 4.75. The van der Waals surface area contributed by atoms with Gasteiger partial charge in [0.15, 0.2) is 0 Å². The monoisotopic (exact) mass is 532 g/mol. The molecule has 1 amide bonds. The van der Waals surface area contributed by atoms with Gasteiger partial charge in [-0.25, -0.2) is 0 Å². The van der Waals surface area contributed by atoms with Crippen LogP contribution in [0.4, 0.5) is 0 Å². The predicted molar refractivity (Wildman–Crippen MR) is 140 cm³/mol. The minimum absolute atomic E-state index is 0.0137. The van der Waals surface area contributed by atoms with Crippen molar-refractivity contribution in [2.24, 2.45) is 16.0 Å². The second-order valence-electron chi connectivity index (χ2n) is 8.72. The van der Waals surface area contributed by atoms with Crippen LogP contribution in [0.1, 0.15) is 24.8 Å². The molecule has 1 N–H and O–H groups in total. The molecule has 0 spiro atoms. The zero-order chi connectivity index (χ0) is 26.6. The summed E-state index contributed by atoms with van der Waals surface area (Å²) in [4.78, 5) is 36.2. The fourth-order valence-electron chi connectivity index (χ4n) is 4.55. The number of methoxy groups -OCH3 is 1. The number of rotatable bonds is 12. The molecule has 200 valence electrons. The van der Waals surface area contributed by atoms with E-state index in [4.69, 9.17) is 31.3 Å². The number of hydrogen-bond acceptors (Lipinski definition) is 8. The van der Waals surface area contributed by atoms with E-state index in [-0.39, 0.29) is 25.7 Å². The van der Waals surface area contributed by atoms with Crippen LogP contribution in [0, 0.1) is 5.92 Å². The van der Waals surface area contributed by atoms with Gasteiger partial charge in [0.1, 0.15) is 5.92 Å². The lowest BCUT2D eigenvalue weighted by molar-refractivity contribution is -0.143. The molecule has 2 heterocycles. The van der Waals surface area contributed by atoms with Gasteiger partial charge in [0.25, 0.3) is 0 Å². The van der Waals surface area contributed by atoms with Gasteiger partial charge in [-0.15, -0.1) is 0 Å². The van der Waals surface area contributed by atoms with Gasteiger partial charge in [0.05, 0.1) is 39.2 Å². The third-order valence-electron chi connectivity index (χ3n) is 6.30. The van der Waals surface area contributed by atoms with Crippen LogP contribution in [0.2, 0.25) is 5.02 Å². The van der Waals surface area contributed by atoms with E-state index in [1.165, 1.54) is 7.11 Å². The Hall–Kier alpha value is -2.95. The number of ether oxygens (including phenoxy) is 3. The van der Waals surface area contributed by atoms with Crippen molar-refractivity contribution < 1.29 is 23.8 Å². The van der Waals surface area contributed by atoms with Crippen molar-refractivity contribution in [3.05, 3.63) is 56.6 Å². The number of halogens is 1. The number of morpholine rings is 1. The SMILES string of the molecule is COC(=O)C1C(C)=NC(COCCN=[N+]=[N-])=C(C(=O)NCCCN2CCOCC2)C1c1cccc(Cl)c1. The minimum Gasteiger partial charge on any atom is -0.468 e. The quantitative estimate of drug-likeness (QED) is 0.144. The standard InChI is InChI=1S/C25H33ClN6O5/c1-17-21(25(34)35-2)22(18-5-3-6-19(26)15-18)23(20(30-17)16-37-12-8-29-31-27)24(33)28-7-4-9-32-10-13-36-14-11-32/h3,5-6,15,21-22H,4,7-14,16H2,1-2H3,(H,28,33). The molecular weight excluding hydrogens is 500 g/mol. The Morgan fingerprint density at radius 2 is 2.14 bits per heavy atom. The molecule has 2 aliphatic rings. The molecule has 2 unspecified atom stereocenters. The lowest BCUT2D eigenvalue weighted by Crippen LogP contribution is -2.41. The number of carbonyl (C=O) groups excluding carboxylic acids is 2. The highest BCUT2D eigenvalue weighted by molar-refractivity contribution is 6.30. The first-order chi connectivity index (χ1) is 18.0. The number of carbonyl (C=O) groups is 2. The van der Waals surface area contributed by atoms with Crippen LogP contribution in [-0.2, 0) is 23.8 Å². The third kappa shape index (κ3) is 8.02. The normalized spacial score (nSPS) is 20.1. The lowest BCUT2D eigenvalue weighted by Gasteiger charge is -2.32.